The van der Waals surface area contributed by atoms with E-state index in [1.807, 2.05) is 13.0 Å². The number of hydrogen-bond acceptors (Lipinski definition) is 3. The second kappa shape index (κ2) is 4.13. The summed E-state index contributed by atoms with van der Waals surface area (Å²) < 4.78 is 0. The number of nitrogens with zero attached hydrogens (tertiary/aromatic N) is 1. The molecule has 0 fully saturated rings. The fourth-order valence-electron chi connectivity index (χ4n) is 1.31. The molecule has 0 spiro atoms. The van der Waals surface area contributed by atoms with Gasteiger partial charge in [0.2, 0.25) is 0 Å². The zero-order valence-electron chi connectivity index (χ0n) is 8.03. The van der Waals surface area contributed by atoms with Crippen LogP contribution in [-0.2, 0) is 0 Å². The molecule has 0 radical (unpaired) electrons. The van der Waals surface area contributed by atoms with Crippen molar-refractivity contribution >= 4 is 29.2 Å². The van der Waals surface area contributed by atoms with Gasteiger partial charge < -0.3 is 0 Å². The van der Waals surface area contributed by atoms with Gasteiger partial charge in [0.25, 0.3) is 0 Å². The molecular formula is C11H8ClNOS. The van der Waals surface area contributed by atoms with Crippen LogP contribution in [0.5, 0.6) is 0 Å². The fourth-order valence-corrected chi connectivity index (χ4v) is 2.36. The van der Waals surface area contributed by atoms with Crippen molar-refractivity contribution in [3.8, 4) is 10.4 Å². The van der Waals surface area contributed by atoms with Crippen LogP contribution < -0.4 is 0 Å². The van der Waals surface area contributed by atoms with Crippen molar-refractivity contribution in [1.82, 2.24) is 4.98 Å². The normalized spacial score (nSPS) is 10.3. The van der Waals surface area contributed by atoms with Crippen LogP contribution in [0.2, 0.25) is 5.02 Å². The van der Waals surface area contributed by atoms with Gasteiger partial charge in [0, 0.05) is 22.8 Å². The van der Waals surface area contributed by atoms with E-state index in [2.05, 4.69) is 4.98 Å². The number of aldehydes is 1. The molecular weight excluding hydrogens is 230 g/mol. The third-order valence-corrected chi connectivity index (χ3v) is 3.59. The third kappa shape index (κ3) is 1.94. The van der Waals surface area contributed by atoms with Crippen LogP contribution in [-0.4, -0.2) is 11.3 Å². The van der Waals surface area contributed by atoms with Crippen LogP contribution in [0.3, 0.4) is 0 Å². The van der Waals surface area contributed by atoms with Gasteiger partial charge in [-0.15, -0.1) is 11.3 Å². The fraction of sp³-hybridized carbons (Fsp3) is 0.0909. The summed E-state index contributed by atoms with van der Waals surface area (Å²) in [5, 5.41) is 0.647. The van der Waals surface area contributed by atoms with Crippen molar-refractivity contribution in [2.75, 3.05) is 0 Å². The Hall–Kier alpha value is -1.19. The third-order valence-electron chi connectivity index (χ3n) is 2.16. The molecule has 2 nitrogen and oxygen atoms in total. The van der Waals surface area contributed by atoms with Crippen LogP contribution in [0.15, 0.2) is 24.5 Å². The van der Waals surface area contributed by atoms with Gasteiger partial charge >= 0.3 is 0 Å². The molecule has 0 bridgehead atoms. The number of aromatic nitrogens is 1. The van der Waals surface area contributed by atoms with E-state index >= 15 is 0 Å². The quantitative estimate of drug-likeness (QED) is 0.748. The molecule has 0 saturated heterocycles. The Morgan fingerprint density at radius 2 is 2.20 bits per heavy atom. The molecule has 2 aromatic rings. The average molecular weight is 238 g/mol. The molecule has 0 unspecified atom stereocenters. The largest absolute Gasteiger partial charge is 0.297 e. The molecule has 15 heavy (non-hydrogen) atoms. The van der Waals surface area contributed by atoms with Gasteiger partial charge in [-0.05, 0) is 24.6 Å². The second-order valence-corrected chi connectivity index (χ2v) is 4.64. The summed E-state index contributed by atoms with van der Waals surface area (Å²) in [6.07, 6.45) is 4.23. The van der Waals surface area contributed by atoms with E-state index in [1.165, 1.54) is 11.3 Å². The topological polar surface area (TPSA) is 30.0 Å². The van der Waals surface area contributed by atoms with Gasteiger partial charge in [0.15, 0.2) is 6.29 Å². The molecule has 0 aliphatic heterocycles. The maximum Gasteiger partial charge on any atom is 0.160 e. The first-order valence-electron chi connectivity index (χ1n) is 4.38. The lowest BCUT2D eigenvalue weighted by Gasteiger charge is -2.03. The smallest absolute Gasteiger partial charge is 0.160 e. The second-order valence-electron chi connectivity index (χ2n) is 3.11. The molecule has 2 rings (SSSR count). The van der Waals surface area contributed by atoms with E-state index in [0.29, 0.717) is 9.90 Å². The lowest BCUT2D eigenvalue weighted by Crippen LogP contribution is -1.83. The molecule has 4 heteroatoms. The summed E-state index contributed by atoms with van der Waals surface area (Å²) in [4.78, 5) is 16.3. The van der Waals surface area contributed by atoms with E-state index in [0.717, 1.165) is 22.3 Å². The molecule has 0 aliphatic rings. The zero-order chi connectivity index (χ0) is 10.8. The molecule has 0 aliphatic carbocycles. The van der Waals surface area contributed by atoms with Crippen LogP contribution in [0.4, 0.5) is 0 Å². The first-order chi connectivity index (χ1) is 7.22. The van der Waals surface area contributed by atoms with Crippen LogP contribution >= 0.6 is 22.9 Å². The zero-order valence-corrected chi connectivity index (χ0v) is 9.60. The molecule has 0 N–H and O–H groups in total. The van der Waals surface area contributed by atoms with Crippen molar-refractivity contribution in [2.24, 2.45) is 0 Å². The Morgan fingerprint density at radius 1 is 1.40 bits per heavy atom. The van der Waals surface area contributed by atoms with Crippen LogP contribution in [0, 0.1) is 6.92 Å². The first-order valence-corrected chi connectivity index (χ1v) is 5.57. The lowest BCUT2D eigenvalue weighted by molar-refractivity contribution is 0.112. The monoisotopic (exact) mass is 237 g/mol. The van der Waals surface area contributed by atoms with E-state index in [9.17, 15) is 4.79 Å². The number of thiophene rings is 1. The SMILES string of the molecule is Cc1c(Cl)cncc1-c1ccc(C=O)s1. The molecule has 76 valence electrons. The highest BCUT2D eigenvalue weighted by Gasteiger charge is 2.07. The van der Waals surface area contributed by atoms with Gasteiger partial charge in [-0.2, -0.15) is 0 Å². The van der Waals surface area contributed by atoms with Crippen molar-refractivity contribution in [2.45, 2.75) is 6.92 Å². The van der Waals surface area contributed by atoms with E-state index in [4.69, 9.17) is 11.6 Å². The summed E-state index contributed by atoms with van der Waals surface area (Å²) in [6, 6.07) is 3.71. The molecule has 0 saturated carbocycles. The molecule has 0 atom stereocenters. The Kier molecular flexibility index (Phi) is 2.84. The summed E-state index contributed by atoms with van der Waals surface area (Å²) >= 11 is 7.42. The Balaban J connectivity index is 2.53. The van der Waals surface area contributed by atoms with Crippen LogP contribution in [0.1, 0.15) is 15.2 Å². The highest BCUT2D eigenvalue weighted by Crippen LogP contribution is 2.31. The predicted octanol–water partition coefficient (Wildman–Crippen LogP) is 3.58. The van der Waals surface area contributed by atoms with Gasteiger partial charge in [0.1, 0.15) is 0 Å². The molecule has 0 amide bonds. The molecule has 2 heterocycles. The standard InChI is InChI=1S/C11H8ClNOS/c1-7-9(4-13-5-10(7)12)11-3-2-8(6-14)15-11/h2-6H,1H3. The maximum absolute atomic E-state index is 10.6. The van der Waals surface area contributed by atoms with Crippen LogP contribution in [0.25, 0.3) is 10.4 Å². The maximum atomic E-state index is 10.6. The van der Waals surface area contributed by atoms with E-state index in [-0.39, 0.29) is 0 Å². The average Bonchev–Trinajstić information content (AvgIpc) is 2.70. The number of rotatable bonds is 2. The van der Waals surface area contributed by atoms with Crippen molar-refractivity contribution in [1.29, 1.82) is 0 Å². The minimum absolute atomic E-state index is 0.647. The minimum Gasteiger partial charge on any atom is -0.297 e. The highest BCUT2D eigenvalue weighted by atomic mass is 35.5. The van der Waals surface area contributed by atoms with Crippen molar-refractivity contribution in [3.05, 3.63) is 40.0 Å². The van der Waals surface area contributed by atoms with Crippen molar-refractivity contribution in [3.63, 3.8) is 0 Å². The summed E-state index contributed by atoms with van der Waals surface area (Å²) in [5.74, 6) is 0. The number of hydrogen-bond donors (Lipinski definition) is 0. The lowest BCUT2D eigenvalue weighted by atomic mass is 10.1. The minimum atomic E-state index is 0.647. The summed E-state index contributed by atoms with van der Waals surface area (Å²) in [7, 11) is 0. The van der Waals surface area contributed by atoms with Crippen molar-refractivity contribution < 1.29 is 4.79 Å². The predicted molar refractivity (Wildman–Crippen MR) is 62.7 cm³/mol. The van der Waals surface area contributed by atoms with E-state index < -0.39 is 0 Å². The number of halogens is 1. The van der Waals surface area contributed by atoms with E-state index in [1.54, 1.807) is 18.5 Å². The number of pyridine rings is 1. The molecule has 2 aromatic heterocycles. The van der Waals surface area contributed by atoms with Gasteiger partial charge in [0.05, 0.1) is 9.90 Å². The van der Waals surface area contributed by atoms with Gasteiger partial charge in [-0.25, -0.2) is 0 Å². The van der Waals surface area contributed by atoms with Gasteiger partial charge in [-0.1, -0.05) is 11.6 Å². The Morgan fingerprint density at radius 3 is 2.87 bits per heavy atom. The van der Waals surface area contributed by atoms with Gasteiger partial charge in [-0.3, -0.25) is 9.78 Å². The number of carbonyl (C=O) groups excluding carboxylic acids is 1. The Labute approximate surface area is 96.5 Å². The Bertz CT molecular complexity index is 507. The first kappa shape index (κ1) is 10.3. The highest BCUT2D eigenvalue weighted by molar-refractivity contribution is 7.17. The molecule has 0 aromatic carbocycles. The summed E-state index contributed by atoms with van der Waals surface area (Å²) in [5.41, 5.74) is 1.98. The summed E-state index contributed by atoms with van der Waals surface area (Å²) in [6.45, 7) is 1.94. The number of carbonyl (C=O) groups is 1.